The molecule has 3 rings (SSSR count). The van der Waals surface area contributed by atoms with Gasteiger partial charge in [0.05, 0.1) is 0 Å². The summed E-state index contributed by atoms with van der Waals surface area (Å²) in [5.74, 6) is 0.874. The summed E-state index contributed by atoms with van der Waals surface area (Å²) in [7, 11) is 1.28. The van der Waals surface area contributed by atoms with E-state index < -0.39 is 16.5 Å². The highest BCUT2D eigenvalue weighted by Crippen LogP contribution is 2.37. The van der Waals surface area contributed by atoms with Gasteiger partial charge in [0.25, 0.3) is 0 Å². The maximum Gasteiger partial charge on any atom is 0.138 e. The van der Waals surface area contributed by atoms with Gasteiger partial charge in [-0.05, 0) is 59.4 Å². The van der Waals surface area contributed by atoms with E-state index in [0.29, 0.717) is 11.8 Å². The van der Waals surface area contributed by atoms with E-state index in [0.717, 1.165) is 0 Å². The van der Waals surface area contributed by atoms with E-state index >= 15 is 0 Å². The molecule has 0 aliphatic rings. The molecule has 2 atom stereocenters. The van der Waals surface area contributed by atoms with Crippen molar-refractivity contribution < 1.29 is 0 Å². The molecule has 0 aliphatic heterocycles. The van der Waals surface area contributed by atoms with Crippen LogP contribution in [0.1, 0.15) is 99.3 Å². The molecular weight excluding hydrogens is 541 g/mol. The first kappa shape index (κ1) is 34.2. The van der Waals surface area contributed by atoms with Crippen molar-refractivity contribution in [2.24, 2.45) is 0 Å². The summed E-state index contributed by atoms with van der Waals surface area (Å²) >= 11 is 0. The summed E-state index contributed by atoms with van der Waals surface area (Å²) in [4.78, 5) is 2.19. The predicted octanol–water partition coefficient (Wildman–Crippen LogP) is 11.7. The Bertz CT molecular complexity index is 1190. The Hall–Kier alpha value is -2.31. The largest absolute Gasteiger partial charge is 0.425 e. The zero-order valence-corrected chi connectivity index (χ0v) is 30.6. The van der Waals surface area contributed by atoms with Gasteiger partial charge in [-0.15, -0.1) is 0 Å². The van der Waals surface area contributed by atoms with Crippen molar-refractivity contribution in [3.8, 4) is 0 Å². The fraction of sp³-hybridized carbons (Fsp3) is 0.526. The van der Waals surface area contributed by atoms with Crippen LogP contribution < -0.4 is 9.13 Å². The topological polar surface area (TPSA) is 6.48 Å². The van der Waals surface area contributed by atoms with Gasteiger partial charge in [0.15, 0.2) is 0 Å². The van der Waals surface area contributed by atoms with Crippen LogP contribution in [0.25, 0.3) is 0 Å². The number of anilines is 2. The number of rotatable bonds is 16. The Morgan fingerprint density at radius 2 is 0.929 bits per heavy atom. The quantitative estimate of drug-likeness (QED) is 0.119. The van der Waals surface area contributed by atoms with Gasteiger partial charge < -0.3 is 9.13 Å². The molecule has 2 nitrogen and oxygen atoms in total. The summed E-state index contributed by atoms with van der Waals surface area (Å²) in [6, 6.07) is 28.7. The molecule has 0 aromatic heterocycles. The van der Waals surface area contributed by atoms with Gasteiger partial charge in [-0.1, -0.05) is 140 Å². The molecule has 42 heavy (non-hydrogen) atoms. The molecule has 0 saturated carbocycles. The predicted molar refractivity (Wildman–Crippen MR) is 195 cm³/mol. The third kappa shape index (κ3) is 9.35. The third-order valence-electron chi connectivity index (χ3n) is 8.62. The fourth-order valence-corrected chi connectivity index (χ4v) is 16.8. The van der Waals surface area contributed by atoms with E-state index in [9.17, 15) is 0 Å². The molecule has 0 spiro atoms. The normalized spacial score (nSPS) is 13.6. The van der Waals surface area contributed by atoms with Crippen LogP contribution in [-0.2, 0) is 0 Å². The van der Waals surface area contributed by atoms with E-state index in [4.69, 9.17) is 0 Å². The van der Waals surface area contributed by atoms with Gasteiger partial charge in [-0.2, -0.15) is 0 Å². The average molecular weight is 601 g/mol. The van der Waals surface area contributed by atoms with Crippen LogP contribution in [-0.4, -0.2) is 30.6 Å². The summed E-state index contributed by atoms with van der Waals surface area (Å²) < 4.78 is 2.83. The van der Waals surface area contributed by atoms with E-state index in [1.54, 1.807) is 0 Å². The molecule has 0 N–H and O–H groups in total. The molecule has 3 aromatic rings. The van der Waals surface area contributed by atoms with Crippen LogP contribution in [0.2, 0.25) is 39.3 Å². The van der Waals surface area contributed by atoms with E-state index in [-0.39, 0.29) is 0 Å². The second-order valence-electron chi connectivity index (χ2n) is 14.5. The number of hydrogen-bond acceptors (Lipinski definition) is 2. The van der Waals surface area contributed by atoms with Crippen LogP contribution in [0.15, 0.2) is 72.8 Å². The third-order valence-corrected chi connectivity index (χ3v) is 15.8. The molecule has 0 saturated heterocycles. The highest BCUT2D eigenvalue weighted by atomic mass is 28.4. The zero-order chi connectivity index (χ0) is 30.9. The highest BCUT2D eigenvalue weighted by Gasteiger charge is 2.34. The number of unbranched alkanes of at least 4 members (excludes halogenated alkanes) is 4. The number of hydrogen-bond donors (Lipinski definition) is 0. The Labute approximate surface area is 261 Å². The molecule has 0 radical (unpaired) electrons. The van der Waals surface area contributed by atoms with Crippen LogP contribution in [0, 0.1) is 0 Å². The average Bonchev–Trinajstić information content (AvgIpc) is 2.93. The second-order valence-corrected chi connectivity index (χ2v) is 24.5. The van der Waals surface area contributed by atoms with Gasteiger partial charge in [-0.3, -0.25) is 0 Å². The van der Waals surface area contributed by atoms with Crippen molar-refractivity contribution in [2.45, 2.75) is 116 Å². The van der Waals surface area contributed by atoms with Gasteiger partial charge >= 0.3 is 0 Å². The van der Waals surface area contributed by atoms with E-state index in [1.807, 2.05) is 0 Å². The van der Waals surface area contributed by atoms with Gasteiger partial charge in [0, 0.05) is 37.3 Å². The summed E-state index contributed by atoms with van der Waals surface area (Å²) in [5.41, 5.74) is 8.56. The molecule has 0 bridgehead atoms. The lowest BCUT2D eigenvalue weighted by atomic mass is 9.82. The zero-order valence-electron chi connectivity index (χ0n) is 28.6. The van der Waals surface area contributed by atoms with Crippen molar-refractivity contribution in [1.82, 2.24) is 0 Å². The van der Waals surface area contributed by atoms with Crippen molar-refractivity contribution in [3.05, 3.63) is 95.1 Å². The maximum atomic E-state index is 2.83. The molecule has 2 unspecified atom stereocenters. The lowest BCUT2D eigenvalue weighted by molar-refractivity contribution is 0.609. The number of benzene rings is 3. The minimum atomic E-state index is -1.48. The standard InChI is InChI=1S/C38H60N2Si2/c1-11-13-15-20-37(31-22-26-35(27-23-31)39(3)4)33-18-17-19-34(30-33)38(21-16-14-12-2)32-24-28-36(29-25-32)40(41(5,6)7)42(8,9)10/h17-19,22-30,37-38H,11-16,20-21H2,1-10H3. The molecule has 230 valence electrons. The van der Waals surface area contributed by atoms with Crippen molar-refractivity contribution in [2.75, 3.05) is 23.2 Å². The Morgan fingerprint density at radius 3 is 1.29 bits per heavy atom. The SMILES string of the molecule is CCCCCC(c1ccc(N(C)C)cc1)c1cccc(C(CCCCC)c2ccc(N([Si](C)(C)C)[Si](C)(C)C)cc2)c1. The molecule has 0 amide bonds. The van der Waals surface area contributed by atoms with Crippen LogP contribution >= 0.6 is 0 Å². The van der Waals surface area contributed by atoms with Crippen molar-refractivity contribution >= 4 is 27.8 Å². The first-order valence-electron chi connectivity index (χ1n) is 16.6. The summed E-state index contributed by atoms with van der Waals surface area (Å²) in [6.07, 6.45) is 10.1. The molecular formula is C38H60N2Si2. The van der Waals surface area contributed by atoms with Crippen LogP contribution in [0.5, 0.6) is 0 Å². The van der Waals surface area contributed by atoms with Gasteiger partial charge in [0.2, 0.25) is 0 Å². The van der Waals surface area contributed by atoms with Crippen molar-refractivity contribution in [1.29, 1.82) is 0 Å². The Balaban J connectivity index is 2.00. The Morgan fingerprint density at radius 1 is 0.524 bits per heavy atom. The van der Waals surface area contributed by atoms with Gasteiger partial charge in [-0.25, -0.2) is 0 Å². The monoisotopic (exact) mass is 600 g/mol. The smallest absolute Gasteiger partial charge is 0.138 e. The Kier molecular flexibility index (Phi) is 12.6. The van der Waals surface area contributed by atoms with Crippen molar-refractivity contribution in [3.63, 3.8) is 0 Å². The second kappa shape index (κ2) is 15.4. The van der Waals surface area contributed by atoms with Crippen LogP contribution in [0.4, 0.5) is 11.4 Å². The summed E-state index contributed by atoms with van der Waals surface area (Å²) in [5, 5.41) is 0. The van der Waals surface area contributed by atoms with E-state index in [2.05, 4.69) is 149 Å². The maximum absolute atomic E-state index is 2.83. The fourth-order valence-electron chi connectivity index (χ4n) is 6.88. The summed E-state index contributed by atoms with van der Waals surface area (Å²) in [6.45, 7) is 19.6. The minimum absolute atomic E-state index is 0.435. The molecule has 0 heterocycles. The molecule has 0 fully saturated rings. The first-order valence-corrected chi connectivity index (χ1v) is 23.5. The lowest BCUT2D eigenvalue weighted by Gasteiger charge is -2.46. The number of nitrogens with zero attached hydrogens (tertiary/aromatic N) is 2. The van der Waals surface area contributed by atoms with Crippen LogP contribution in [0.3, 0.4) is 0 Å². The molecule has 0 aliphatic carbocycles. The minimum Gasteiger partial charge on any atom is -0.425 e. The lowest BCUT2D eigenvalue weighted by Crippen LogP contribution is -2.59. The highest BCUT2D eigenvalue weighted by molar-refractivity contribution is 6.99. The molecule has 4 heteroatoms. The first-order chi connectivity index (χ1) is 19.9. The van der Waals surface area contributed by atoms with Gasteiger partial charge in [0.1, 0.15) is 16.5 Å². The molecule has 3 aromatic carbocycles. The van der Waals surface area contributed by atoms with E-state index in [1.165, 1.54) is 85.0 Å².